The Hall–Kier alpha value is -3.59. The molecule has 0 radical (unpaired) electrons. The Morgan fingerprint density at radius 3 is 2.10 bits per heavy atom. The lowest BCUT2D eigenvalue weighted by molar-refractivity contribution is 0.0858. The fourth-order valence-corrected chi connectivity index (χ4v) is 5.30. The summed E-state index contributed by atoms with van der Waals surface area (Å²) >= 11 is 0. The second-order valence-corrected chi connectivity index (χ2v) is 13.9. The molecule has 0 saturated carbocycles. The summed E-state index contributed by atoms with van der Waals surface area (Å²) in [7, 11) is -8.39. The minimum atomic E-state index is -4.19. The maximum Gasteiger partial charge on any atom is 0.349 e. The van der Waals surface area contributed by atoms with E-state index in [-0.39, 0.29) is 48.8 Å². The van der Waals surface area contributed by atoms with Crippen molar-refractivity contribution in [1.29, 1.82) is 0 Å². The zero-order valence-electron chi connectivity index (χ0n) is 22.7. The highest BCUT2D eigenvalue weighted by Gasteiger charge is 2.24. The smallest absolute Gasteiger partial charge is 0.349 e. The fourth-order valence-electron chi connectivity index (χ4n) is 4.31. The molecule has 0 amide bonds. The standard InChI is InChI=1S/C27H30N2O10S2/c1-27(2,3)24(30)18-7-9-22-21(15-18)28-25(38-22)20-14-17-6-8-19(16-23(17)39-26(20)31)29(10-4-12-40(32,33)34)11-5-13-41(35,36)37/h6-9,14-16H,4-5,10-13H2,1-3H3,(H,32,33,34)(H,35,36,37). The molecule has 0 atom stereocenters. The maximum absolute atomic E-state index is 12.9. The van der Waals surface area contributed by atoms with Crippen molar-refractivity contribution in [2.75, 3.05) is 29.5 Å². The summed E-state index contributed by atoms with van der Waals surface area (Å²) in [6, 6.07) is 11.3. The lowest BCUT2D eigenvalue weighted by Gasteiger charge is -2.24. The van der Waals surface area contributed by atoms with Crippen LogP contribution in [0.2, 0.25) is 0 Å². The van der Waals surface area contributed by atoms with Gasteiger partial charge in [0.05, 0.1) is 11.5 Å². The van der Waals surface area contributed by atoms with Crippen LogP contribution in [0.1, 0.15) is 44.0 Å². The predicted molar refractivity (Wildman–Crippen MR) is 154 cm³/mol. The van der Waals surface area contributed by atoms with E-state index in [0.717, 1.165) is 0 Å². The molecule has 0 bridgehead atoms. The van der Waals surface area contributed by atoms with E-state index in [4.69, 9.17) is 17.9 Å². The van der Waals surface area contributed by atoms with Crippen molar-refractivity contribution in [2.24, 2.45) is 5.41 Å². The molecule has 2 N–H and O–H groups in total. The van der Waals surface area contributed by atoms with Gasteiger partial charge in [-0.2, -0.15) is 16.8 Å². The summed E-state index contributed by atoms with van der Waals surface area (Å²) in [6.07, 6.45) is 0.0961. The van der Waals surface area contributed by atoms with Gasteiger partial charge in [0.1, 0.15) is 16.7 Å². The van der Waals surface area contributed by atoms with Crippen LogP contribution in [-0.4, -0.2) is 61.3 Å². The van der Waals surface area contributed by atoms with E-state index in [0.29, 0.717) is 27.7 Å². The van der Waals surface area contributed by atoms with E-state index in [2.05, 4.69) is 4.98 Å². The van der Waals surface area contributed by atoms with Gasteiger partial charge < -0.3 is 13.7 Å². The number of anilines is 1. The van der Waals surface area contributed by atoms with Crippen molar-refractivity contribution in [2.45, 2.75) is 33.6 Å². The first-order chi connectivity index (χ1) is 19.0. The third-order valence-corrected chi connectivity index (χ3v) is 7.92. The first-order valence-electron chi connectivity index (χ1n) is 12.7. The summed E-state index contributed by atoms with van der Waals surface area (Å²) in [4.78, 5) is 31.7. The number of Topliss-reactive ketones (excluding diaryl/α,β-unsaturated/α-hetero) is 1. The minimum absolute atomic E-state index is 0.0251. The van der Waals surface area contributed by atoms with Crippen LogP contribution in [-0.2, 0) is 20.2 Å². The minimum Gasteiger partial charge on any atom is -0.436 e. The second-order valence-electron chi connectivity index (χ2n) is 10.7. The highest BCUT2D eigenvalue weighted by atomic mass is 32.2. The number of hydrogen-bond acceptors (Lipinski definition) is 10. The van der Waals surface area contributed by atoms with Gasteiger partial charge >= 0.3 is 5.63 Å². The quantitative estimate of drug-likeness (QED) is 0.141. The highest BCUT2D eigenvalue weighted by Crippen LogP contribution is 2.29. The zero-order chi connectivity index (χ0) is 30.2. The van der Waals surface area contributed by atoms with Gasteiger partial charge in [0.2, 0.25) is 5.89 Å². The molecule has 0 unspecified atom stereocenters. The molecule has 2 heterocycles. The van der Waals surface area contributed by atoms with E-state index in [1.807, 2.05) is 20.8 Å². The SMILES string of the molecule is CC(C)(C)C(=O)c1ccc2oc(-c3cc4ccc(N(CCCS(=O)(=O)O)CCCS(=O)(=O)O)cc4oc3=O)nc2c1. The lowest BCUT2D eigenvalue weighted by atomic mass is 9.86. The van der Waals surface area contributed by atoms with Crippen LogP contribution >= 0.6 is 0 Å². The number of nitrogens with zero attached hydrogens (tertiary/aromatic N) is 2. The molecule has 4 aromatic rings. The van der Waals surface area contributed by atoms with Crippen LogP contribution in [0.5, 0.6) is 0 Å². The molecule has 14 heteroatoms. The molecule has 4 rings (SSSR count). The lowest BCUT2D eigenvalue weighted by Crippen LogP contribution is -2.28. The molecule has 0 aliphatic carbocycles. The molecule has 220 valence electrons. The molecule has 0 aliphatic heterocycles. The van der Waals surface area contributed by atoms with Crippen molar-refractivity contribution in [3.8, 4) is 11.5 Å². The summed E-state index contributed by atoms with van der Waals surface area (Å²) in [6.45, 7) is 5.73. The van der Waals surface area contributed by atoms with Crippen LogP contribution in [0.15, 0.2) is 56.1 Å². The van der Waals surface area contributed by atoms with Crippen LogP contribution in [0.25, 0.3) is 33.5 Å². The van der Waals surface area contributed by atoms with Crippen molar-refractivity contribution in [3.05, 3.63) is 58.4 Å². The van der Waals surface area contributed by atoms with E-state index < -0.39 is 42.8 Å². The normalized spacial score (nSPS) is 12.7. The van der Waals surface area contributed by atoms with Crippen molar-refractivity contribution in [1.82, 2.24) is 4.98 Å². The molecule has 2 aromatic heterocycles. The van der Waals surface area contributed by atoms with Gasteiger partial charge in [-0.15, -0.1) is 0 Å². The largest absolute Gasteiger partial charge is 0.436 e. The van der Waals surface area contributed by atoms with Crippen molar-refractivity contribution < 1.29 is 39.6 Å². The predicted octanol–water partition coefficient (Wildman–Crippen LogP) is 4.19. The second kappa shape index (κ2) is 11.4. The molecule has 2 aromatic carbocycles. The first kappa shape index (κ1) is 30.4. The summed E-state index contributed by atoms with van der Waals surface area (Å²) in [5.74, 6) is -1.03. The van der Waals surface area contributed by atoms with Gasteiger partial charge in [0.15, 0.2) is 11.4 Å². The Bertz CT molecular complexity index is 1850. The average molecular weight is 607 g/mol. The number of aromatic nitrogens is 1. The van der Waals surface area contributed by atoms with Crippen LogP contribution < -0.4 is 10.5 Å². The number of benzene rings is 2. The van der Waals surface area contributed by atoms with Crippen molar-refractivity contribution in [3.63, 3.8) is 0 Å². The third kappa shape index (κ3) is 7.79. The molecule has 0 fully saturated rings. The van der Waals surface area contributed by atoms with Gasteiger partial charge in [-0.25, -0.2) is 9.78 Å². The highest BCUT2D eigenvalue weighted by molar-refractivity contribution is 7.86. The van der Waals surface area contributed by atoms with E-state index in [1.165, 1.54) is 0 Å². The summed E-state index contributed by atoms with van der Waals surface area (Å²) < 4.78 is 74.0. The molecular formula is C27H30N2O10S2. The Morgan fingerprint density at radius 2 is 1.51 bits per heavy atom. The van der Waals surface area contributed by atoms with Gasteiger partial charge in [0.25, 0.3) is 20.2 Å². The number of ketones is 1. The van der Waals surface area contributed by atoms with E-state index >= 15 is 0 Å². The first-order valence-corrected chi connectivity index (χ1v) is 15.9. The van der Waals surface area contributed by atoms with Gasteiger partial charge in [-0.1, -0.05) is 20.8 Å². The Kier molecular flexibility index (Phi) is 8.41. The fraction of sp³-hybridized carbons (Fsp3) is 0.370. The summed E-state index contributed by atoms with van der Waals surface area (Å²) in [5.41, 5.74) is 0.764. The van der Waals surface area contributed by atoms with E-state index in [9.17, 15) is 26.4 Å². The number of carbonyl (C=O) groups is 1. The van der Waals surface area contributed by atoms with E-state index in [1.54, 1.807) is 47.4 Å². The molecule has 41 heavy (non-hydrogen) atoms. The van der Waals surface area contributed by atoms with Crippen LogP contribution in [0.4, 0.5) is 5.69 Å². The third-order valence-electron chi connectivity index (χ3n) is 6.31. The molecule has 0 saturated heterocycles. The Morgan fingerprint density at radius 1 is 0.878 bits per heavy atom. The maximum atomic E-state index is 12.9. The molecule has 12 nitrogen and oxygen atoms in total. The number of oxazole rings is 1. The van der Waals surface area contributed by atoms with Gasteiger partial charge in [-0.3, -0.25) is 13.9 Å². The number of carbonyl (C=O) groups excluding carboxylic acids is 1. The summed E-state index contributed by atoms with van der Waals surface area (Å²) in [5, 5.41) is 0.532. The molecule has 0 spiro atoms. The Labute approximate surface area is 236 Å². The zero-order valence-corrected chi connectivity index (χ0v) is 24.3. The average Bonchev–Trinajstić information content (AvgIpc) is 3.27. The van der Waals surface area contributed by atoms with Gasteiger partial charge in [-0.05, 0) is 49.2 Å². The number of rotatable bonds is 11. The topological polar surface area (TPSA) is 185 Å². The molecule has 0 aliphatic rings. The van der Waals surface area contributed by atoms with Crippen molar-refractivity contribution >= 4 is 53.8 Å². The van der Waals surface area contributed by atoms with Gasteiger partial charge in [0, 0.05) is 41.2 Å². The monoisotopic (exact) mass is 606 g/mol. The number of fused-ring (bicyclic) bond motifs is 2. The van der Waals surface area contributed by atoms with Crippen LogP contribution in [0, 0.1) is 5.41 Å². The number of hydrogen-bond donors (Lipinski definition) is 2. The van der Waals surface area contributed by atoms with Crippen LogP contribution in [0.3, 0.4) is 0 Å². The Balaban J connectivity index is 1.64. The molecular weight excluding hydrogens is 576 g/mol.